The molecule has 0 saturated heterocycles. The first-order valence-corrected chi connectivity index (χ1v) is 8.82. The molecule has 1 heterocycles. The number of aromatic nitrogens is 2. The van der Waals surface area contributed by atoms with Crippen molar-refractivity contribution >= 4 is 17.3 Å². The molecule has 27 heavy (non-hydrogen) atoms. The first-order chi connectivity index (χ1) is 13.2. The summed E-state index contributed by atoms with van der Waals surface area (Å²) in [6, 6.07) is 15.6. The second-order valence-electron chi connectivity index (χ2n) is 6.13. The molecule has 3 aromatic rings. The highest BCUT2D eigenvalue weighted by Crippen LogP contribution is 2.23. The van der Waals surface area contributed by atoms with Gasteiger partial charge in [-0.25, -0.2) is 9.97 Å². The number of hydrogen-bond donors (Lipinski definition) is 2. The van der Waals surface area contributed by atoms with Crippen molar-refractivity contribution in [3.8, 4) is 11.5 Å². The highest BCUT2D eigenvalue weighted by molar-refractivity contribution is 5.65. The molecule has 0 aliphatic rings. The van der Waals surface area contributed by atoms with Gasteiger partial charge < -0.3 is 20.1 Å². The van der Waals surface area contributed by atoms with Gasteiger partial charge in [0.25, 0.3) is 0 Å². The summed E-state index contributed by atoms with van der Waals surface area (Å²) < 4.78 is 10.8. The first-order valence-electron chi connectivity index (χ1n) is 8.82. The number of methoxy groups -OCH3 is 1. The number of para-hydroxylation sites is 1. The molecular formula is C21H24N4O2. The van der Waals surface area contributed by atoms with Gasteiger partial charge in [-0.15, -0.1) is 0 Å². The standard InChI is InChI=1S/C21H24N4O2/c1-15-5-4-6-16(2)21(15)25-20-13-19(23-14-24-20)22-11-12-27-18-9-7-17(26-3)8-10-18/h4-10,13-14H,11-12H2,1-3H3,(H2,22,23,24,25). The van der Waals surface area contributed by atoms with E-state index in [0.29, 0.717) is 13.2 Å². The minimum atomic E-state index is 0.524. The van der Waals surface area contributed by atoms with Crippen LogP contribution >= 0.6 is 0 Å². The Labute approximate surface area is 159 Å². The van der Waals surface area contributed by atoms with Crippen molar-refractivity contribution in [2.24, 2.45) is 0 Å². The van der Waals surface area contributed by atoms with Crippen LogP contribution < -0.4 is 20.1 Å². The Bertz CT molecular complexity index is 861. The summed E-state index contributed by atoms with van der Waals surface area (Å²) in [4.78, 5) is 8.56. The molecule has 0 amide bonds. The average Bonchev–Trinajstić information content (AvgIpc) is 2.69. The van der Waals surface area contributed by atoms with Gasteiger partial charge in [0.05, 0.1) is 13.7 Å². The van der Waals surface area contributed by atoms with E-state index < -0.39 is 0 Å². The molecule has 0 fully saturated rings. The Morgan fingerprint density at radius 1 is 0.889 bits per heavy atom. The van der Waals surface area contributed by atoms with Gasteiger partial charge in [0, 0.05) is 11.8 Å². The Morgan fingerprint density at radius 2 is 1.56 bits per heavy atom. The maximum absolute atomic E-state index is 5.71. The molecule has 0 bridgehead atoms. The fourth-order valence-electron chi connectivity index (χ4n) is 2.68. The van der Waals surface area contributed by atoms with Crippen LogP contribution in [0.4, 0.5) is 17.3 Å². The van der Waals surface area contributed by atoms with E-state index in [-0.39, 0.29) is 0 Å². The number of aryl methyl sites for hydroxylation is 2. The number of hydrogen-bond acceptors (Lipinski definition) is 6. The molecule has 0 atom stereocenters. The average molecular weight is 364 g/mol. The summed E-state index contributed by atoms with van der Waals surface area (Å²) in [5.41, 5.74) is 3.43. The number of benzene rings is 2. The Kier molecular flexibility index (Phi) is 6.10. The van der Waals surface area contributed by atoms with E-state index in [2.05, 4.69) is 46.6 Å². The van der Waals surface area contributed by atoms with Crippen LogP contribution in [0, 0.1) is 13.8 Å². The van der Waals surface area contributed by atoms with Crippen molar-refractivity contribution in [1.29, 1.82) is 0 Å². The third kappa shape index (κ3) is 5.10. The summed E-state index contributed by atoms with van der Waals surface area (Å²) in [6.45, 7) is 5.31. The van der Waals surface area contributed by atoms with Gasteiger partial charge in [-0.3, -0.25) is 0 Å². The number of anilines is 3. The van der Waals surface area contributed by atoms with E-state index >= 15 is 0 Å². The highest BCUT2D eigenvalue weighted by atomic mass is 16.5. The lowest BCUT2D eigenvalue weighted by Gasteiger charge is -2.13. The van der Waals surface area contributed by atoms with E-state index in [1.54, 1.807) is 13.4 Å². The van der Waals surface area contributed by atoms with Gasteiger partial charge in [-0.2, -0.15) is 0 Å². The maximum Gasteiger partial charge on any atom is 0.135 e. The predicted octanol–water partition coefficient (Wildman–Crippen LogP) is 4.34. The molecule has 1 aromatic heterocycles. The van der Waals surface area contributed by atoms with E-state index in [9.17, 15) is 0 Å². The third-order valence-corrected chi connectivity index (χ3v) is 4.14. The summed E-state index contributed by atoms with van der Waals surface area (Å²) in [5, 5.41) is 6.63. The molecule has 0 radical (unpaired) electrons. The normalized spacial score (nSPS) is 10.3. The van der Waals surface area contributed by atoms with E-state index in [4.69, 9.17) is 9.47 Å². The van der Waals surface area contributed by atoms with Gasteiger partial charge in [0.15, 0.2) is 0 Å². The molecule has 2 N–H and O–H groups in total. The minimum Gasteiger partial charge on any atom is -0.497 e. The summed E-state index contributed by atoms with van der Waals surface area (Å²) in [7, 11) is 1.64. The Morgan fingerprint density at radius 3 is 2.26 bits per heavy atom. The monoisotopic (exact) mass is 364 g/mol. The maximum atomic E-state index is 5.71. The lowest BCUT2D eigenvalue weighted by Crippen LogP contribution is -2.12. The lowest BCUT2D eigenvalue weighted by atomic mass is 10.1. The molecule has 6 nitrogen and oxygen atoms in total. The van der Waals surface area contributed by atoms with Gasteiger partial charge in [0.1, 0.15) is 36.1 Å². The summed E-state index contributed by atoms with van der Waals surface area (Å²) in [6.07, 6.45) is 1.54. The molecule has 140 valence electrons. The number of rotatable bonds is 8. The van der Waals surface area contributed by atoms with Gasteiger partial charge in [-0.1, -0.05) is 18.2 Å². The van der Waals surface area contributed by atoms with E-state index in [0.717, 1.165) is 28.8 Å². The Hall–Kier alpha value is -3.28. The van der Waals surface area contributed by atoms with Crippen LogP contribution in [0.5, 0.6) is 11.5 Å². The molecule has 0 unspecified atom stereocenters. The molecule has 0 spiro atoms. The number of nitrogens with one attached hydrogen (secondary N) is 2. The Balaban J connectivity index is 1.53. The second-order valence-corrected chi connectivity index (χ2v) is 6.13. The zero-order chi connectivity index (χ0) is 19.1. The smallest absolute Gasteiger partial charge is 0.135 e. The molecule has 3 rings (SSSR count). The molecule has 0 aliphatic heterocycles. The van der Waals surface area contributed by atoms with Gasteiger partial charge >= 0.3 is 0 Å². The van der Waals surface area contributed by atoms with Crippen LogP contribution in [-0.4, -0.2) is 30.2 Å². The topological polar surface area (TPSA) is 68.3 Å². The van der Waals surface area contributed by atoms with Gasteiger partial charge in [-0.05, 0) is 49.2 Å². The zero-order valence-electron chi connectivity index (χ0n) is 15.8. The fraction of sp³-hybridized carbons (Fsp3) is 0.238. The first kappa shape index (κ1) is 18.5. The predicted molar refractivity (Wildman–Crippen MR) is 108 cm³/mol. The SMILES string of the molecule is COc1ccc(OCCNc2cc(Nc3c(C)cccc3C)ncn2)cc1. The van der Waals surface area contributed by atoms with Crippen molar-refractivity contribution < 1.29 is 9.47 Å². The van der Waals surface area contributed by atoms with Crippen molar-refractivity contribution in [2.75, 3.05) is 30.9 Å². The highest BCUT2D eigenvalue weighted by Gasteiger charge is 2.04. The lowest BCUT2D eigenvalue weighted by molar-refractivity contribution is 0.331. The van der Waals surface area contributed by atoms with Crippen molar-refractivity contribution in [3.05, 3.63) is 66.0 Å². The van der Waals surface area contributed by atoms with Crippen LogP contribution in [0.15, 0.2) is 54.9 Å². The van der Waals surface area contributed by atoms with Crippen molar-refractivity contribution in [2.45, 2.75) is 13.8 Å². The molecule has 2 aromatic carbocycles. The molecule has 0 saturated carbocycles. The van der Waals surface area contributed by atoms with Crippen LogP contribution in [0.3, 0.4) is 0 Å². The number of nitrogens with zero attached hydrogens (tertiary/aromatic N) is 2. The van der Waals surface area contributed by atoms with E-state index in [1.807, 2.05) is 36.4 Å². The third-order valence-electron chi connectivity index (χ3n) is 4.14. The van der Waals surface area contributed by atoms with Crippen LogP contribution in [-0.2, 0) is 0 Å². The van der Waals surface area contributed by atoms with Crippen LogP contribution in [0.2, 0.25) is 0 Å². The fourth-order valence-corrected chi connectivity index (χ4v) is 2.68. The summed E-state index contributed by atoms with van der Waals surface area (Å²) >= 11 is 0. The van der Waals surface area contributed by atoms with Gasteiger partial charge in [0.2, 0.25) is 0 Å². The van der Waals surface area contributed by atoms with Crippen LogP contribution in [0.25, 0.3) is 0 Å². The van der Waals surface area contributed by atoms with Crippen molar-refractivity contribution in [1.82, 2.24) is 9.97 Å². The van der Waals surface area contributed by atoms with Crippen molar-refractivity contribution in [3.63, 3.8) is 0 Å². The van der Waals surface area contributed by atoms with E-state index in [1.165, 1.54) is 11.1 Å². The minimum absolute atomic E-state index is 0.524. The molecule has 0 aliphatic carbocycles. The zero-order valence-corrected chi connectivity index (χ0v) is 15.8. The molecule has 6 heteroatoms. The number of ether oxygens (including phenoxy) is 2. The molecular weight excluding hydrogens is 340 g/mol. The van der Waals surface area contributed by atoms with Crippen LogP contribution in [0.1, 0.15) is 11.1 Å². The second kappa shape index (κ2) is 8.89. The summed E-state index contributed by atoms with van der Waals surface area (Å²) in [5.74, 6) is 3.11. The quantitative estimate of drug-likeness (QED) is 0.580. The largest absolute Gasteiger partial charge is 0.497 e.